The summed E-state index contributed by atoms with van der Waals surface area (Å²) in [7, 11) is 0. The zero-order chi connectivity index (χ0) is 25.4. The van der Waals surface area contributed by atoms with Gasteiger partial charge in [0.2, 0.25) is 0 Å². The normalized spacial score (nSPS) is 14.9. The molecule has 0 aliphatic carbocycles. The number of ether oxygens (including phenoxy) is 1. The van der Waals surface area contributed by atoms with Crippen molar-refractivity contribution < 1.29 is 14.3 Å². The van der Waals surface area contributed by atoms with Crippen molar-refractivity contribution in [1.82, 2.24) is 4.57 Å². The molecule has 1 aliphatic heterocycles. The van der Waals surface area contributed by atoms with E-state index in [2.05, 4.69) is 49.6 Å². The summed E-state index contributed by atoms with van der Waals surface area (Å²) in [6, 6.07) is 16.2. The van der Waals surface area contributed by atoms with Crippen molar-refractivity contribution in [3.8, 4) is 5.69 Å². The Balaban J connectivity index is 1.85. The van der Waals surface area contributed by atoms with Gasteiger partial charge in [0.15, 0.2) is 0 Å². The first kappa shape index (κ1) is 24.3. The molecule has 0 radical (unpaired) electrons. The minimum Gasteiger partial charge on any atom is -0.462 e. The van der Waals surface area contributed by atoms with Crippen molar-refractivity contribution in [3.05, 3.63) is 99.0 Å². The number of benzene rings is 2. The van der Waals surface area contributed by atoms with Crippen LogP contribution < -0.4 is 4.90 Å². The summed E-state index contributed by atoms with van der Waals surface area (Å²) >= 11 is 0. The van der Waals surface area contributed by atoms with Gasteiger partial charge in [-0.1, -0.05) is 35.4 Å². The maximum absolute atomic E-state index is 13.7. The summed E-state index contributed by atoms with van der Waals surface area (Å²) in [5.41, 5.74) is 9.51. The molecule has 35 heavy (non-hydrogen) atoms. The van der Waals surface area contributed by atoms with Crippen molar-refractivity contribution in [2.24, 2.45) is 0 Å². The Morgan fingerprint density at radius 2 is 1.57 bits per heavy atom. The standard InChI is InChI=1S/C30H32N2O3/c1-8-35-30(34)28-23(7)32(25-12-9-18(2)10-13-25)29(33)26(28)17-24-16-21(5)31(22(24)6)27-14-11-19(3)15-20(27)4/h9-17H,8H2,1-7H3/b26-17-. The van der Waals surface area contributed by atoms with Crippen LogP contribution in [0.1, 0.15) is 47.5 Å². The van der Waals surface area contributed by atoms with Gasteiger partial charge >= 0.3 is 5.97 Å². The summed E-state index contributed by atoms with van der Waals surface area (Å²) in [5, 5.41) is 0. The number of carbonyl (C=O) groups excluding carboxylic acids is 2. The third-order valence-corrected chi connectivity index (χ3v) is 6.54. The molecule has 1 amide bonds. The SMILES string of the molecule is CCOC(=O)C1=C(C)N(c2ccc(C)cc2)C(=O)/C1=C\c1cc(C)n(-c2ccc(C)cc2C)c1C. The predicted molar refractivity (Wildman–Crippen MR) is 141 cm³/mol. The number of rotatable bonds is 5. The molecule has 1 aliphatic rings. The second-order valence-corrected chi connectivity index (χ2v) is 9.17. The Hall–Kier alpha value is -3.86. The quantitative estimate of drug-likeness (QED) is 0.327. The number of hydrogen-bond acceptors (Lipinski definition) is 3. The lowest BCUT2D eigenvalue weighted by atomic mass is 10.0. The highest BCUT2D eigenvalue weighted by atomic mass is 16.5. The molecule has 0 saturated heterocycles. The van der Waals surface area contributed by atoms with Gasteiger partial charge in [-0.25, -0.2) is 4.79 Å². The van der Waals surface area contributed by atoms with Crippen LogP contribution in [0.15, 0.2) is 65.4 Å². The summed E-state index contributed by atoms with van der Waals surface area (Å²) < 4.78 is 7.54. The summed E-state index contributed by atoms with van der Waals surface area (Å²) in [5.74, 6) is -0.715. The first-order valence-electron chi connectivity index (χ1n) is 11.9. The summed E-state index contributed by atoms with van der Waals surface area (Å²) in [4.78, 5) is 28.3. The van der Waals surface area contributed by atoms with Gasteiger partial charge in [0.25, 0.3) is 5.91 Å². The Morgan fingerprint density at radius 1 is 0.914 bits per heavy atom. The van der Waals surface area contributed by atoms with Crippen LogP contribution in [0.25, 0.3) is 11.8 Å². The van der Waals surface area contributed by atoms with E-state index in [0.717, 1.165) is 33.9 Å². The van der Waals surface area contributed by atoms with E-state index in [1.807, 2.05) is 44.2 Å². The molecule has 5 nitrogen and oxygen atoms in total. The van der Waals surface area contributed by atoms with E-state index in [4.69, 9.17) is 4.74 Å². The molecule has 0 spiro atoms. The lowest BCUT2D eigenvalue weighted by molar-refractivity contribution is -0.138. The molecule has 3 aromatic rings. The highest BCUT2D eigenvalue weighted by molar-refractivity contribution is 6.23. The van der Waals surface area contributed by atoms with E-state index in [0.29, 0.717) is 16.8 Å². The van der Waals surface area contributed by atoms with Crippen LogP contribution in [0.2, 0.25) is 0 Å². The van der Waals surface area contributed by atoms with E-state index in [-0.39, 0.29) is 12.5 Å². The van der Waals surface area contributed by atoms with Crippen molar-refractivity contribution in [2.75, 3.05) is 11.5 Å². The van der Waals surface area contributed by atoms with Crippen LogP contribution in [-0.2, 0) is 14.3 Å². The number of amides is 1. The maximum Gasteiger partial charge on any atom is 0.340 e. The third-order valence-electron chi connectivity index (χ3n) is 6.54. The lowest BCUT2D eigenvalue weighted by Crippen LogP contribution is -2.24. The highest BCUT2D eigenvalue weighted by Crippen LogP contribution is 2.36. The Labute approximate surface area is 207 Å². The predicted octanol–water partition coefficient (Wildman–Crippen LogP) is 6.29. The zero-order valence-electron chi connectivity index (χ0n) is 21.5. The number of hydrogen-bond donors (Lipinski definition) is 0. The number of nitrogens with zero attached hydrogens (tertiary/aromatic N) is 2. The fraction of sp³-hybridized carbons (Fsp3) is 0.267. The molecule has 180 valence electrons. The highest BCUT2D eigenvalue weighted by Gasteiger charge is 2.38. The van der Waals surface area contributed by atoms with Gasteiger partial charge in [0.05, 0.1) is 17.8 Å². The van der Waals surface area contributed by atoms with Crippen LogP contribution >= 0.6 is 0 Å². The molecule has 2 aromatic carbocycles. The monoisotopic (exact) mass is 468 g/mol. The van der Waals surface area contributed by atoms with Crippen LogP contribution in [0.3, 0.4) is 0 Å². The fourth-order valence-corrected chi connectivity index (χ4v) is 4.80. The molecular formula is C30H32N2O3. The molecule has 1 aromatic heterocycles. The molecule has 0 bridgehead atoms. The van der Waals surface area contributed by atoms with Gasteiger partial charge in [0, 0.05) is 28.5 Å². The van der Waals surface area contributed by atoms with Gasteiger partial charge in [-0.2, -0.15) is 0 Å². The van der Waals surface area contributed by atoms with Crippen LogP contribution in [0, 0.1) is 34.6 Å². The number of carbonyl (C=O) groups is 2. The number of anilines is 1. The van der Waals surface area contributed by atoms with E-state index in [1.165, 1.54) is 11.1 Å². The molecular weight excluding hydrogens is 436 g/mol. The van der Waals surface area contributed by atoms with Gasteiger partial charge in [0.1, 0.15) is 0 Å². The largest absolute Gasteiger partial charge is 0.462 e. The number of aromatic nitrogens is 1. The van der Waals surface area contributed by atoms with E-state index < -0.39 is 5.97 Å². The van der Waals surface area contributed by atoms with Crippen LogP contribution in [-0.4, -0.2) is 23.1 Å². The van der Waals surface area contributed by atoms with Crippen molar-refractivity contribution in [3.63, 3.8) is 0 Å². The second kappa shape index (κ2) is 9.41. The molecule has 2 heterocycles. The molecule has 5 heteroatoms. The lowest BCUT2D eigenvalue weighted by Gasteiger charge is -2.18. The fourth-order valence-electron chi connectivity index (χ4n) is 4.80. The van der Waals surface area contributed by atoms with Gasteiger partial charge in [-0.05, 0) is 89.9 Å². The van der Waals surface area contributed by atoms with Gasteiger partial charge < -0.3 is 9.30 Å². The molecule has 0 saturated carbocycles. The minimum atomic E-state index is -0.484. The van der Waals surface area contributed by atoms with Crippen molar-refractivity contribution in [1.29, 1.82) is 0 Å². The van der Waals surface area contributed by atoms with E-state index in [1.54, 1.807) is 18.7 Å². The molecule has 0 fully saturated rings. The third kappa shape index (κ3) is 4.34. The Morgan fingerprint density at radius 3 is 2.20 bits per heavy atom. The molecule has 0 atom stereocenters. The van der Waals surface area contributed by atoms with E-state index >= 15 is 0 Å². The van der Waals surface area contributed by atoms with E-state index in [9.17, 15) is 9.59 Å². The first-order valence-corrected chi connectivity index (χ1v) is 11.9. The summed E-state index contributed by atoms with van der Waals surface area (Å²) in [6.07, 6.45) is 1.83. The van der Waals surface area contributed by atoms with Crippen LogP contribution in [0.5, 0.6) is 0 Å². The number of aryl methyl sites for hydroxylation is 4. The Kier molecular flexibility index (Phi) is 6.53. The second-order valence-electron chi connectivity index (χ2n) is 9.17. The maximum atomic E-state index is 13.7. The van der Waals surface area contributed by atoms with Gasteiger partial charge in [-0.15, -0.1) is 0 Å². The Bertz CT molecular complexity index is 1390. The molecule has 0 unspecified atom stereocenters. The van der Waals surface area contributed by atoms with Gasteiger partial charge in [-0.3, -0.25) is 9.69 Å². The number of allylic oxidation sites excluding steroid dienone is 1. The van der Waals surface area contributed by atoms with Crippen molar-refractivity contribution in [2.45, 2.75) is 48.5 Å². The molecule has 0 N–H and O–H groups in total. The topological polar surface area (TPSA) is 51.5 Å². The van der Waals surface area contributed by atoms with Crippen molar-refractivity contribution >= 4 is 23.6 Å². The van der Waals surface area contributed by atoms with Crippen LogP contribution in [0.4, 0.5) is 5.69 Å². The number of esters is 1. The first-order chi connectivity index (χ1) is 16.6. The zero-order valence-corrected chi connectivity index (χ0v) is 21.5. The summed E-state index contributed by atoms with van der Waals surface area (Å²) in [6.45, 7) is 14.1. The minimum absolute atomic E-state index is 0.231. The average Bonchev–Trinajstić information content (AvgIpc) is 3.21. The molecule has 4 rings (SSSR count). The smallest absolute Gasteiger partial charge is 0.340 e. The average molecular weight is 469 g/mol.